The Morgan fingerprint density at radius 2 is 1.79 bits per heavy atom. The van der Waals surface area contributed by atoms with Gasteiger partial charge in [-0.1, -0.05) is 41.6 Å². The topological polar surface area (TPSA) is 145 Å². The average Bonchev–Trinajstić information content (AvgIpc) is 2.61. The van der Waals surface area contributed by atoms with Crippen LogP contribution in [0.2, 0.25) is 5.02 Å². The van der Waals surface area contributed by atoms with Crippen LogP contribution in [0.25, 0.3) is 10.8 Å². The van der Waals surface area contributed by atoms with Crippen molar-refractivity contribution >= 4 is 49.8 Å². The number of azo groups is 1. The van der Waals surface area contributed by atoms with Crippen molar-refractivity contribution in [2.45, 2.75) is 11.8 Å². The van der Waals surface area contributed by atoms with E-state index >= 15 is 0 Å². The number of carboxylic acids is 1. The molecule has 0 aromatic heterocycles. The molecule has 0 aliphatic heterocycles. The molecule has 0 heterocycles. The van der Waals surface area contributed by atoms with E-state index in [0.29, 0.717) is 16.3 Å². The van der Waals surface area contributed by atoms with Crippen LogP contribution in [0.15, 0.2) is 57.6 Å². The molecule has 0 amide bonds. The Hall–Kier alpha value is -2.09. The van der Waals surface area contributed by atoms with E-state index in [-0.39, 0.29) is 45.1 Å². The van der Waals surface area contributed by atoms with E-state index in [2.05, 4.69) is 10.2 Å². The third-order valence-electron chi connectivity index (χ3n) is 3.96. The SMILES string of the molecule is Cc1cc(S(=O)(=O)[O-])c(N=Nc2c([O-])c(C(=O)[O-])cc3ccccc23)cc1Cl.[Cd+2].[H+]. The van der Waals surface area contributed by atoms with E-state index in [1.807, 2.05) is 0 Å². The first kappa shape index (κ1) is 23.2. The second-order valence-corrected chi connectivity index (χ2v) is 7.59. The summed E-state index contributed by atoms with van der Waals surface area (Å²) in [5.74, 6) is -2.64. The van der Waals surface area contributed by atoms with Gasteiger partial charge >= 0.3 is 28.7 Å². The molecular formula is C18H11CdClN2O6S. The van der Waals surface area contributed by atoms with Gasteiger partial charge in [0.1, 0.15) is 15.8 Å². The van der Waals surface area contributed by atoms with Gasteiger partial charge in [0, 0.05) is 10.4 Å². The number of benzene rings is 3. The molecule has 0 N–H and O–H groups in total. The summed E-state index contributed by atoms with van der Waals surface area (Å²) in [6.45, 7) is 1.50. The van der Waals surface area contributed by atoms with Crippen molar-refractivity contribution in [3.63, 3.8) is 0 Å². The van der Waals surface area contributed by atoms with Gasteiger partial charge in [0.05, 0.1) is 16.6 Å². The fraction of sp³-hybridized carbons (Fsp3) is 0.0556. The number of aromatic carboxylic acids is 1. The fourth-order valence-corrected chi connectivity index (χ4v) is 3.42. The molecule has 11 heteroatoms. The molecule has 0 spiro atoms. The van der Waals surface area contributed by atoms with Gasteiger partial charge in [-0.05, 0) is 41.6 Å². The van der Waals surface area contributed by atoms with Crippen molar-refractivity contribution < 1.29 is 56.7 Å². The van der Waals surface area contributed by atoms with Crippen LogP contribution in [0.1, 0.15) is 17.3 Å². The molecule has 0 radical (unpaired) electrons. The number of hydrogen-bond donors (Lipinski definition) is 0. The zero-order chi connectivity index (χ0) is 20.6. The van der Waals surface area contributed by atoms with Crippen LogP contribution in [0.3, 0.4) is 0 Å². The third-order valence-corrected chi connectivity index (χ3v) is 5.24. The van der Waals surface area contributed by atoms with Crippen molar-refractivity contribution in [3.8, 4) is 5.75 Å². The molecule has 8 nitrogen and oxygen atoms in total. The van der Waals surface area contributed by atoms with Crippen molar-refractivity contribution in [3.05, 3.63) is 58.6 Å². The van der Waals surface area contributed by atoms with Crippen LogP contribution in [0, 0.1) is 6.92 Å². The number of aryl methyl sites for hydroxylation is 1. The number of rotatable bonds is 4. The van der Waals surface area contributed by atoms with Gasteiger partial charge in [-0.3, -0.25) is 0 Å². The molecule has 3 rings (SSSR count). The van der Waals surface area contributed by atoms with E-state index in [4.69, 9.17) is 11.6 Å². The Morgan fingerprint density at radius 1 is 1.14 bits per heavy atom. The van der Waals surface area contributed by atoms with Gasteiger partial charge in [0.25, 0.3) is 0 Å². The molecule has 0 aliphatic rings. The first-order valence-corrected chi connectivity index (χ1v) is 9.50. The number of halogens is 1. The zero-order valence-corrected chi connectivity index (χ0v) is 20.5. The first-order valence-electron chi connectivity index (χ1n) is 7.71. The quantitative estimate of drug-likeness (QED) is 0.288. The summed E-state index contributed by atoms with van der Waals surface area (Å²) in [7, 11) is -4.90. The van der Waals surface area contributed by atoms with Crippen molar-refractivity contribution in [1.29, 1.82) is 0 Å². The van der Waals surface area contributed by atoms with Crippen LogP contribution in [0.5, 0.6) is 5.75 Å². The monoisotopic (exact) mass is 532 g/mol. The number of carboxylic acid groups (broad SMARTS) is 1. The number of carbonyl (C=O) groups excluding carboxylic acids is 1. The summed E-state index contributed by atoms with van der Waals surface area (Å²) in [4.78, 5) is 10.6. The number of fused-ring (bicyclic) bond motifs is 1. The molecule has 3 aromatic carbocycles. The smallest absolute Gasteiger partial charge is 0.871 e. The van der Waals surface area contributed by atoms with Gasteiger partial charge < -0.3 is 19.6 Å². The maximum atomic E-state index is 12.5. The predicted molar refractivity (Wildman–Crippen MR) is 97.2 cm³/mol. The largest absolute Gasteiger partial charge is 2.00 e. The minimum Gasteiger partial charge on any atom is -0.871 e. The van der Waals surface area contributed by atoms with E-state index in [1.54, 1.807) is 18.2 Å². The van der Waals surface area contributed by atoms with E-state index < -0.39 is 32.3 Å². The van der Waals surface area contributed by atoms with Crippen LogP contribution in [0.4, 0.5) is 11.4 Å². The van der Waals surface area contributed by atoms with Crippen molar-refractivity contribution in [1.82, 2.24) is 0 Å². The van der Waals surface area contributed by atoms with Crippen LogP contribution in [-0.2, 0) is 37.4 Å². The Balaban J connectivity index is 0.00000225. The second-order valence-electron chi connectivity index (χ2n) is 5.83. The van der Waals surface area contributed by atoms with E-state index in [1.165, 1.54) is 13.0 Å². The molecular weight excluding hydrogens is 520 g/mol. The van der Waals surface area contributed by atoms with E-state index in [0.717, 1.165) is 18.2 Å². The Morgan fingerprint density at radius 3 is 2.41 bits per heavy atom. The third kappa shape index (κ3) is 4.74. The molecule has 29 heavy (non-hydrogen) atoms. The van der Waals surface area contributed by atoms with Crippen LogP contribution < -0.4 is 10.2 Å². The maximum Gasteiger partial charge on any atom is 2.00 e. The van der Waals surface area contributed by atoms with Crippen molar-refractivity contribution in [2.24, 2.45) is 10.2 Å². The molecule has 144 valence electrons. The molecule has 0 saturated heterocycles. The van der Waals surface area contributed by atoms with E-state index in [9.17, 15) is 28.0 Å². The maximum absolute atomic E-state index is 12.5. The Kier molecular flexibility index (Phi) is 6.98. The number of carbonyl (C=O) groups is 1. The molecule has 3 aromatic rings. The van der Waals surface area contributed by atoms with Crippen LogP contribution >= 0.6 is 11.6 Å². The number of nitrogens with zero attached hydrogens (tertiary/aromatic N) is 2. The summed E-state index contributed by atoms with van der Waals surface area (Å²) < 4.78 is 34.5. The Labute approximate surface area is 192 Å². The minimum atomic E-state index is -4.90. The Bertz CT molecular complexity index is 1270. The normalized spacial score (nSPS) is 11.6. The van der Waals surface area contributed by atoms with Gasteiger partial charge in [0.15, 0.2) is 0 Å². The number of hydrogen-bond acceptors (Lipinski definition) is 8. The second kappa shape index (κ2) is 8.73. The fourth-order valence-electron chi connectivity index (χ4n) is 2.59. The first-order chi connectivity index (χ1) is 13.1. The summed E-state index contributed by atoms with van der Waals surface area (Å²) in [5, 5.41) is 32.0. The molecule has 0 atom stereocenters. The summed E-state index contributed by atoms with van der Waals surface area (Å²) in [5.41, 5.74) is -0.980. The molecule has 0 fully saturated rings. The van der Waals surface area contributed by atoms with Gasteiger partial charge in [-0.15, -0.1) is 5.11 Å². The standard InChI is InChI=1S/C18H13ClN2O6S.Cd/c1-9-6-15(28(25,26)27)14(8-13(9)19)20-21-16-11-5-3-2-4-10(11)7-12(17(16)22)18(23)24;/h2-8,22H,1H3,(H,23,24)(H,25,26,27);/q;+2/p-2. The summed E-state index contributed by atoms with van der Waals surface area (Å²) in [6.07, 6.45) is 0. The zero-order valence-electron chi connectivity index (χ0n) is 15.9. The predicted octanol–water partition coefficient (Wildman–Crippen LogP) is 2.67. The van der Waals surface area contributed by atoms with Gasteiger partial charge in [-0.25, -0.2) is 8.42 Å². The van der Waals surface area contributed by atoms with Crippen molar-refractivity contribution in [2.75, 3.05) is 0 Å². The van der Waals surface area contributed by atoms with Gasteiger partial charge in [0.2, 0.25) is 0 Å². The molecule has 0 aliphatic carbocycles. The molecule has 0 bridgehead atoms. The molecule has 0 saturated carbocycles. The van der Waals surface area contributed by atoms with Gasteiger partial charge in [-0.2, -0.15) is 5.11 Å². The molecule has 0 unspecified atom stereocenters. The average molecular weight is 531 g/mol. The summed E-state index contributed by atoms with van der Waals surface area (Å²) in [6, 6.07) is 9.66. The van der Waals surface area contributed by atoms with Crippen LogP contribution in [-0.4, -0.2) is 18.9 Å². The minimum absolute atomic E-state index is 0. The summed E-state index contributed by atoms with van der Waals surface area (Å²) >= 11 is 5.96.